The molecule has 0 radical (unpaired) electrons. The summed E-state index contributed by atoms with van der Waals surface area (Å²) in [6.45, 7) is 15.8. The minimum atomic E-state index is -0.245. The second kappa shape index (κ2) is 43.4. The predicted octanol–water partition coefficient (Wildman–Crippen LogP) is 3.54. The van der Waals surface area contributed by atoms with E-state index < -0.39 is 0 Å². The molecule has 0 aliphatic heterocycles. The van der Waals surface area contributed by atoms with E-state index in [1.54, 1.807) is 13.0 Å². The zero-order valence-electron chi connectivity index (χ0n) is 17.5. The number of allylic oxidation sites excluding steroid dienone is 1. The number of rotatable bonds is 7. The molecule has 0 unspecified atom stereocenters. The molecule has 0 aromatic carbocycles. The van der Waals surface area contributed by atoms with E-state index in [9.17, 15) is 9.59 Å². The molecule has 0 aliphatic rings. The lowest BCUT2D eigenvalue weighted by Crippen LogP contribution is -1.88. The molecule has 154 valence electrons. The summed E-state index contributed by atoms with van der Waals surface area (Å²) >= 11 is 0. The van der Waals surface area contributed by atoms with Crippen LogP contribution in [0.3, 0.4) is 0 Å². The van der Waals surface area contributed by atoms with Crippen LogP contribution in [0.2, 0.25) is 0 Å². The van der Waals surface area contributed by atoms with Gasteiger partial charge in [0.25, 0.3) is 0 Å². The summed E-state index contributed by atoms with van der Waals surface area (Å²) in [5.41, 5.74) is 0. The van der Waals surface area contributed by atoms with Gasteiger partial charge < -0.3 is 24.5 Å². The van der Waals surface area contributed by atoms with Crippen LogP contribution in [-0.2, 0) is 19.1 Å². The zero-order chi connectivity index (χ0) is 20.9. The summed E-state index contributed by atoms with van der Waals surface area (Å²) in [6, 6.07) is 0. The van der Waals surface area contributed by atoms with Crippen molar-refractivity contribution < 1.29 is 29.3 Å². The highest BCUT2D eigenvalue weighted by Crippen LogP contribution is 1.98. The van der Waals surface area contributed by atoms with Gasteiger partial charge in [-0.2, -0.15) is 0 Å². The Kier molecular flexibility index (Phi) is 60.7. The highest BCUT2D eigenvalue weighted by Gasteiger charge is 1.89. The molecule has 0 fully saturated rings. The molecule has 0 rings (SSSR count). The first kappa shape index (κ1) is 35.0. The van der Waals surface area contributed by atoms with Crippen LogP contribution in [0.4, 0.5) is 0 Å². The van der Waals surface area contributed by atoms with Crippen molar-refractivity contribution in [2.45, 2.75) is 67.2 Å². The number of ether oxygens (including phenoxy) is 2. The molecule has 0 bridgehead atoms. The fourth-order valence-electron chi connectivity index (χ4n) is 0.828. The second-order valence-corrected chi connectivity index (χ2v) is 4.49. The Morgan fingerprint density at radius 3 is 1.48 bits per heavy atom. The van der Waals surface area contributed by atoms with Gasteiger partial charge in [-0.15, -0.1) is 6.58 Å². The van der Waals surface area contributed by atoms with Crippen LogP contribution in [-0.4, -0.2) is 55.5 Å². The third kappa shape index (κ3) is 128. The van der Waals surface area contributed by atoms with Crippen molar-refractivity contribution in [3.63, 3.8) is 0 Å². The average Bonchev–Trinajstić information content (AvgIpc) is 2.57. The van der Waals surface area contributed by atoms with E-state index in [1.165, 1.54) is 26.9 Å². The Hall–Kier alpha value is -1.24. The van der Waals surface area contributed by atoms with Gasteiger partial charge in [0, 0.05) is 26.6 Å². The number of ketones is 1. The Morgan fingerprint density at radius 2 is 1.36 bits per heavy atom. The lowest BCUT2D eigenvalue weighted by atomic mass is 10.2. The molecule has 2 N–H and O–H groups in total. The molecule has 25 heavy (non-hydrogen) atoms. The summed E-state index contributed by atoms with van der Waals surface area (Å²) in [7, 11) is 1.35. The fraction of sp³-hybridized carbons (Fsp3) is 0.789. The molecule has 0 aliphatic carbocycles. The smallest absolute Gasteiger partial charge is 0.302 e. The van der Waals surface area contributed by atoms with Crippen molar-refractivity contribution in [1.29, 1.82) is 0 Å². The summed E-state index contributed by atoms with van der Waals surface area (Å²) in [6.07, 6.45) is 5.99. The maximum Gasteiger partial charge on any atom is 0.302 e. The van der Waals surface area contributed by atoms with Crippen LogP contribution in [0.25, 0.3) is 0 Å². The van der Waals surface area contributed by atoms with Crippen LogP contribution in [0, 0.1) is 0 Å². The first-order valence-corrected chi connectivity index (χ1v) is 8.69. The Bertz CT molecular complexity index is 238. The van der Waals surface area contributed by atoms with Gasteiger partial charge in [0.15, 0.2) is 0 Å². The molecule has 0 saturated carbocycles. The molecule has 0 amide bonds. The van der Waals surface area contributed by atoms with Gasteiger partial charge in [0.1, 0.15) is 5.78 Å². The molecule has 6 heteroatoms. The van der Waals surface area contributed by atoms with Crippen LogP contribution >= 0.6 is 0 Å². The van der Waals surface area contributed by atoms with Crippen molar-refractivity contribution in [3.8, 4) is 0 Å². The molecule has 0 aromatic rings. The number of carbonyl (C=O) groups is 2. The van der Waals surface area contributed by atoms with Crippen molar-refractivity contribution in [2.75, 3.05) is 33.5 Å². The third-order valence-corrected chi connectivity index (χ3v) is 1.93. The highest BCUT2D eigenvalue weighted by molar-refractivity contribution is 5.75. The molecule has 0 spiro atoms. The number of hydrogen-bond donors (Lipinski definition) is 2. The van der Waals surface area contributed by atoms with Crippen LogP contribution in [0.5, 0.6) is 0 Å². The lowest BCUT2D eigenvalue weighted by molar-refractivity contribution is -0.137. The van der Waals surface area contributed by atoms with Crippen LogP contribution < -0.4 is 0 Å². The number of Topliss-reactive ketones (excluding diaryl/α,β-unsaturated/α-hetero) is 1. The zero-order valence-corrected chi connectivity index (χ0v) is 17.5. The predicted molar refractivity (Wildman–Crippen MR) is 105 cm³/mol. The minimum absolute atomic E-state index is 0.125. The second-order valence-electron chi connectivity index (χ2n) is 4.49. The quantitative estimate of drug-likeness (QED) is 0.407. The van der Waals surface area contributed by atoms with E-state index in [0.29, 0.717) is 5.78 Å². The largest absolute Gasteiger partial charge is 0.469 e. The number of carbonyl (C=O) groups excluding carboxylic acids is 2. The maximum atomic E-state index is 10.3. The van der Waals surface area contributed by atoms with Crippen LogP contribution in [0.15, 0.2) is 12.7 Å². The van der Waals surface area contributed by atoms with Crippen molar-refractivity contribution >= 4 is 11.8 Å². The molecule has 0 aromatic heterocycles. The Labute approximate surface area is 155 Å². The molecular weight excluding hydrogens is 324 g/mol. The van der Waals surface area contributed by atoms with Gasteiger partial charge in [0.05, 0.1) is 20.3 Å². The standard InChI is InChI=1S/C7H14O.C4H10O.C3H6O2.C3H6.C2H6O2/c1-3-4-5-6-7(2)8;1-3-5-4-2;1-3(4)5-2;1-3-2;3-1-2-4/h3-6H2,1-2H3;3-4H2,1-2H3;1-2H3;3H,1H2,2H3;3-4H,1-2H2. The van der Waals surface area contributed by atoms with Gasteiger partial charge in [-0.25, -0.2) is 0 Å². The number of aliphatic hydroxyl groups is 2. The highest BCUT2D eigenvalue weighted by atomic mass is 16.5. The van der Waals surface area contributed by atoms with E-state index in [-0.39, 0.29) is 19.2 Å². The topological polar surface area (TPSA) is 93.1 Å². The van der Waals surface area contributed by atoms with Crippen molar-refractivity contribution in [2.24, 2.45) is 0 Å². The fourth-order valence-corrected chi connectivity index (χ4v) is 0.828. The Balaban J connectivity index is -0.0000000697. The van der Waals surface area contributed by atoms with E-state index in [0.717, 1.165) is 26.1 Å². The first-order valence-electron chi connectivity index (χ1n) is 8.69. The number of aliphatic hydroxyl groups excluding tert-OH is 2. The summed E-state index contributed by atoms with van der Waals surface area (Å²) in [5.74, 6) is 0.0726. The number of unbranched alkanes of at least 4 members (excludes halogenated alkanes) is 2. The molecule has 6 nitrogen and oxygen atoms in total. The maximum absolute atomic E-state index is 10.3. The van der Waals surface area contributed by atoms with E-state index in [2.05, 4.69) is 18.2 Å². The monoisotopic (exact) mass is 366 g/mol. The van der Waals surface area contributed by atoms with E-state index in [1.807, 2.05) is 20.8 Å². The SMILES string of the molecule is C=CC.CCCCCC(C)=O.CCOCC.COC(C)=O.OCCO. The van der Waals surface area contributed by atoms with Gasteiger partial charge >= 0.3 is 5.97 Å². The first-order chi connectivity index (χ1) is 11.8. The number of esters is 1. The van der Waals surface area contributed by atoms with Crippen molar-refractivity contribution in [1.82, 2.24) is 0 Å². The number of methoxy groups -OCH3 is 1. The van der Waals surface area contributed by atoms with E-state index >= 15 is 0 Å². The lowest BCUT2D eigenvalue weighted by Gasteiger charge is -1.90. The normalized spacial score (nSPS) is 7.72. The van der Waals surface area contributed by atoms with Crippen LogP contribution in [0.1, 0.15) is 67.2 Å². The number of hydrogen-bond acceptors (Lipinski definition) is 6. The molecule has 0 saturated heterocycles. The Morgan fingerprint density at radius 1 is 1.00 bits per heavy atom. The van der Waals surface area contributed by atoms with E-state index in [4.69, 9.17) is 14.9 Å². The van der Waals surface area contributed by atoms with Gasteiger partial charge in [-0.05, 0) is 34.1 Å². The molecular formula is C19H42O6. The third-order valence-electron chi connectivity index (χ3n) is 1.93. The summed E-state index contributed by atoms with van der Waals surface area (Å²) < 4.78 is 8.94. The van der Waals surface area contributed by atoms with Crippen molar-refractivity contribution in [3.05, 3.63) is 12.7 Å². The average molecular weight is 367 g/mol. The van der Waals surface area contributed by atoms with Gasteiger partial charge in [0.2, 0.25) is 0 Å². The van der Waals surface area contributed by atoms with Gasteiger partial charge in [-0.3, -0.25) is 4.79 Å². The minimum Gasteiger partial charge on any atom is -0.469 e. The summed E-state index contributed by atoms with van der Waals surface area (Å²) in [4.78, 5) is 19.9. The summed E-state index contributed by atoms with van der Waals surface area (Å²) in [5, 5.41) is 15.2. The molecule has 0 atom stereocenters. The van der Waals surface area contributed by atoms with Gasteiger partial charge in [-0.1, -0.05) is 25.8 Å². The molecule has 0 heterocycles.